The molecule has 1 amide bonds. The van der Waals surface area contributed by atoms with Gasteiger partial charge >= 0.3 is 6.18 Å². The third kappa shape index (κ3) is 4.05. The van der Waals surface area contributed by atoms with E-state index in [0.29, 0.717) is 5.56 Å². The number of rotatable bonds is 3. The zero-order chi connectivity index (χ0) is 17.4. The molecule has 0 fully saturated rings. The van der Waals surface area contributed by atoms with Crippen molar-refractivity contribution in [2.24, 2.45) is 5.41 Å². The van der Waals surface area contributed by atoms with Crippen LogP contribution in [0.25, 0.3) is 0 Å². The van der Waals surface area contributed by atoms with Gasteiger partial charge in [0.25, 0.3) is 0 Å². The molecular formula is C15H18F3N3O2. The molecule has 0 spiro atoms. The standard InChI is InChI=1S/C15H18F3N3O2/c1-14(2,3)11(22)4-5-12(23)21-7-9-6-19-13(15(16,17)18)20-10(9)8-21/h6H,4-5,7-8H2,1-3H3. The number of alkyl halides is 3. The quantitative estimate of drug-likeness (QED) is 0.855. The molecule has 126 valence electrons. The van der Waals surface area contributed by atoms with E-state index in [1.165, 1.54) is 4.90 Å². The molecule has 2 heterocycles. The summed E-state index contributed by atoms with van der Waals surface area (Å²) in [5, 5.41) is 0. The molecular weight excluding hydrogens is 311 g/mol. The van der Waals surface area contributed by atoms with Crippen LogP contribution >= 0.6 is 0 Å². The lowest BCUT2D eigenvalue weighted by atomic mass is 9.88. The van der Waals surface area contributed by atoms with Crippen LogP contribution in [0.2, 0.25) is 0 Å². The van der Waals surface area contributed by atoms with E-state index >= 15 is 0 Å². The maximum absolute atomic E-state index is 12.6. The van der Waals surface area contributed by atoms with E-state index < -0.39 is 17.4 Å². The maximum Gasteiger partial charge on any atom is 0.451 e. The number of carbonyl (C=O) groups is 2. The van der Waals surface area contributed by atoms with Crippen LogP contribution in [0.1, 0.15) is 50.7 Å². The Bertz CT molecular complexity index is 636. The summed E-state index contributed by atoms with van der Waals surface area (Å²) in [6.07, 6.45) is -3.33. The Kier molecular flexibility index (Phi) is 4.45. The van der Waals surface area contributed by atoms with E-state index in [4.69, 9.17) is 0 Å². The summed E-state index contributed by atoms with van der Waals surface area (Å²) in [6, 6.07) is 0. The molecule has 23 heavy (non-hydrogen) atoms. The van der Waals surface area contributed by atoms with E-state index in [2.05, 4.69) is 9.97 Å². The number of Topliss-reactive ketones (excluding diaryl/α,β-unsaturated/α-hetero) is 1. The van der Waals surface area contributed by atoms with Gasteiger partial charge in [-0.05, 0) is 0 Å². The van der Waals surface area contributed by atoms with Gasteiger partial charge < -0.3 is 4.90 Å². The minimum Gasteiger partial charge on any atom is -0.332 e. The van der Waals surface area contributed by atoms with Crippen molar-refractivity contribution < 1.29 is 22.8 Å². The first kappa shape index (κ1) is 17.4. The smallest absolute Gasteiger partial charge is 0.332 e. The van der Waals surface area contributed by atoms with Crippen molar-refractivity contribution in [3.63, 3.8) is 0 Å². The number of amides is 1. The summed E-state index contributed by atoms with van der Waals surface area (Å²) in [4.78, 5) is 32.2. The van der Waals surface area contributed by atoms with Crippen LogP contribution in [0.3, 0.4) is 0 Å². The fourth-order valence-corrected chi connectivity index (χ4v) is 2.22. The Labute approximate surface area is 131 Å². The second-order valence-electron chi connectivity index (χ2n) is 6.59. The van der Waals surface area contributed by atoms with Crippen molar-refractivity contribution in [3.05, 3.63) is 23.3 Å². The van der Waals surface area contributed by atoms with Gasteiger partial charge in [0.1, 0.15) is 5.78 Å². The Morgan fingerprint density at radius 1 is 1.17 bits per heavy atom. The minimum absolute atomic E-state index is 0.0173. The highest BCUT2D eigenvalue weighted by Gasteiger charge is 2.36. The third-order valence-electron chi connectivity index (χ3n) is 3.66. The molecule has 0 aromatic carbocycles. The first-order valence-electron chi connectivity index (χ1n) is 7.21. The van der Waals surface area contributed by atoms with Crippen LogP contribution in [-0.2, 0) is 28.9 Å². The van der Waals surface area contributed by atoms with Crippen LogP contribution in [0, 0.1) is 5.41 Å². The largest absolute Gasteiger partial charge is 0.451 e. The molecule has 0 aliphatic carbocycles. The van der Waals surface area contributed by atoms with Gasteiger partial charge in [0, 0.05) is 36.6 Å². The number of halogens is 3. The number of nitrogens with zero attached hydrogens (tertiary/aromatic N) is 3. The van der Waals surface area contributed by atoms with E-state index in [0.717, 1.165) is 6.20 Å². The molecule has 0 saturated heterocycles. The van der Waals surface area contributed by atoms with Crippen molar-refractivity contribution in [3.8, 4) is 0 Å². The SMILES string of the molecule is CC(C)(C)C(=O)CCC(=O)N1Cc2cnc(C(F)(F)F)nc2C1. The van der Waals surface area contributed by atoms with Crippen LogP contribution in [-0.4, -0.2) is 26.6 Å². The average molecular weight is 329 g/mol. The number of ketones is 1. The summed E-state index contributed by atoms with van der Waals surface area (Å²) >= 11 is 0. The summed E-state index contributed by atoms with van der Waals surface area (Å²) in [7, 11) is 0. The van der Waals surface area contributed by atoms with Crippen molar-refractivity contribution in [1.82, 2.24) is 14.9 Å². The predicted molar refractivity (Wildman–Crippen MR) is 75.0 cm³/mol. The molecule has 1 aromatic heterocycles. The monoisotopic (exact) mass is 329 g/mol. The van der Waals surface area contributed by atoms with Crippen molar-refractivity contribution >= 4 is 11.7 Å². The molecule has 5 nitrogen and oxygen atoms in total. The van der Waals surface area contributed by atoms with Gasteiger partial charge in [-0.2, -0.15) is 13.2 Å². The first-order valence-corrected chi connectivity index (χ1v) is 7.21. The zero-order valence-electron chi connectivity index (χ0n) is 13.2. The van der Waals surface area contributed by atoms with Crippen LogP contribution < -0.4 is 0 Å². The van der Waals surface area contributed by atoms with E-state index in [1.807, 2.05) is 0 Å². The number of carbonyl (C=O) groups excluding carboxylic acids is 2. The lowest BCUT2D eigenvalue weighted by molar-refractivity contribution is -0.145. The topological polar surface area (TPSA) is 63.2 Å². The Hall–Kier alpha value is -1.99. The van der Waals surface area contributed by atoms with Crippen LogP contribution in [0.5, 0.6) is 0 Å². The molecule has 0 saturated carbocycles. The molecule has 2 rings (SSSR count). The Morgan fingerprint density at radius 3 is 2.39 bits per heavy atom. The minimum atomic E-state index is -4.61. The van der Waals surface area contributed by atoms with Gasteiger partial charge in [-0.15, -0.1) is 0 Å². The molecule has 1 aromatic rings. The summed E-state index contributed by atoms with van der Waals surface area (Å²) in [5.41, 5.74) is 0.206. The third-order valence-corrected chi connectivity index (χ3v) is 3.66. The highest BCUT2D eigenvalue weighted by molar-refractivity contribution is 5.88. The summed E-state index contributed by atoms with van der Waals surface area (Å²) < 4.78 is 37.8. The summed E-state index contributed by atoms with van der Waals surface area (Å²) in [5.74, 6) is -1.50. The molecule has 0 N–H and O–H groups in total. The van der Waals surface area contributed by atoms with Gasteiger partial charge in [0.15, 0.2) is 0 Å². The lowest BCUT2D eigenvalue weighted by Crippen LogP contribution is -2.27. The molecule has 8 heteroatoms. The summed E-state index contributed by atoms with van der Waals surface area (Å²) in [6.45, 7) is 5.53. The molecule has 0 unspecified atom stereocenters. The van der Waals surface area contributed by atoms with Crippen LogP contribution in [0.4, 0.5) is 13.2 Å². The second kappa shape index (κ2) is 5.90. The molecule has 1 aliphatic rings. The molecule has 0 bridgehead atoms. The fraction of sp³-hybridized carbons (Fsp3) is 0.600. The number of aromatic nitrogens is 2. The molecule has 0 atom stereocenters. The van der Waals surface area contributed by atoms with E-state index in [-0.39, 0.29) is 43.3 Å². The number of fused-ring (bicyclic) bond motifs is 1. The van der Waals surface area contributed by atoms with Gasteiger partial charge in [-0.3, -0.25) is 9.59 Å². The maximum atomic E-state index is 12.6. The van der Waals surface area contributed by atoms with E-state index in [9.17, 15) is 22.8 Å². The molecule has 1 aliphatic heterocycles. The number of hydrogen-bond donors (Lipinski definition) is 0. The van der Waals surface area contributed by atoms with Gasteiger partial charge in [-0.25, -0.2) is 9.97 Å². The second-order valence-corrected chi connectivity index (χ2v) is 6.59. The van der Waals surface area contributed by atoms with Gasteiger partial charge in [0.05, 0.1) is 12.2 Å². The van der Waals surface area contributed by atoms with Crippen molar-refractivity contribution in [2.45, 2.75) is 52.9 Å². The zero-order valence-corrected chi connectivity index (χ0v) is 13.2. The van der Waals surface area contributed by atoms with Crippen LogP contribution in [0.15, 0.2) is 6.20 Å². The lowest BCUT2D eigenvalue weighted by Gasteiger charge is -2.18. The average Bonchev–Trinajstić information content (AvgIpc) is 2.85. The fourth-order valence-electron chi connectivity index (χ4n) is 2.22. The normalized spacial score (nSPS) is 14.8. The Morgan fingerprint density at radius 2 is 1.83 bits per heavy atom. The number of hydrogen-bond acceptors (Lipinski definition) is 4. The predicted octanol–water partition coefficient (Wildman–Crippen LogP) is 2.73. The highest BCUT2D eigenvalue weighted by Crippen LogP contribution is 2.29. The van der Waals surface area contributed by atoms with Gasteiger partial charge in [0.2, 0.25) is 11.7 Å². The van der Waals surface area contributed by atoms with E-state index in [1.54, 1.807) is 20.8 Å². The van der Waals surface area contributed by atoms with Gasteiger partial charge in [-0.1, -0.05) is 20.8 Å². The van der Waals surface area contributed by atoms with Crippen molar-refractivity contribution in [2.75, 3.05) is 0 Å². The molecule has 0 radical (unpaired) electrons. The first-order chi connectivity index (χ1) is 10.5. The highest BCUT2D eigenvalue weighted by atomic mass is 19.4. The Balaban J connectivity index is 1.99. The van der Waals surface area contributed by atoms with Crippen molar-refractivity contribution in [1.29, 1.82) is 0 Å².